The van der Waals surface area contributed by atoms with Crippen molar-refractivity contribution in [3.63, 3.8) is 0 Å². The number of benzene rings is 1. The summed E-state index contributed by atoms with van der Waals surface area (Å²) in [5.41, 5.74) is 1.50. The Morgan fingerprint density at radius 2 is 1.86 bits per heavy atom. The number of nitrogens with zero attached hydrogens (tertiary/aromatic N) is 1. The maximum atomic E-state index is 11.8. The summed E-state index contributed by atoms with van der Waals surface area (Å²) in [5, 5.41) is 12.0. The fourth-order valence-corrected chi connectivity index (χ4v) is 1.85. The average molecular weight is 305 g/mol. The molecule has 0 bridgehead atoms. The van der Waals surface area contributed by atoms with Crippen LogP contribution in [0.1, 0.15) is 26.4 Å². The van der Waals surface area contributed by atoms with Gasteiger partial charge in [0.15, 0.2) is 0 Å². The number of carbonyl (C=O) groups is 2. The molecule has 0 aliphatic rings. The third kappa shape index (κ3) is 4.29. The SMILES string of the molecule is O=C(O)c1ccc(CCNC(=O)c2ccc(Cl)cn2)cc1. The Balaban J connectivity index is 1.85. The predicted molar refractivity (Wildman–Crippen MR) is 78.7 cm³/mol. The van der Waals surface area contributed by atoms with Gasteiger partial charge in [0, 0.05) is 12.7 Å². The van der Waals surface area contributed by atoms with Crippen LogP contribution in [0.4, 0.5) is 0 Å². The minimum atomic E-state index is -0.955. The first-order valence-corrected chi connectivity index (χ1v) is 6.66. The van der Waals surface area contributed by atoms with E-state index in [0.29, 0.717) is 23.7 Å². The molecule has 0 aliphatic heterocycles. The highest BCUT2D eigenvalue weighted by Gasteiger charge is 2.06. The Morgan fingerprint density at radius 3 is 2.43 bits per heavy atom. The molecule has 1 amide bonds. The van der Waals surface area contributed by atoms with Crippen molar-refractivity contribution in [3.05, 3.63) is 64.4 Å². The van der Waals surface area contributed by atoms with Crippen molar-refractivity contribution >= 4 is 23.5 Å². The first-order chi connectivity index (χ1) is 10.1. The van der Waals surface area contributed by atoms with Crippen LogP contribution < -0.4 is 5.32 Å². The molecule has 0 unspecified atom stereocenters. The number of pyridine rings is 1. The van der Waals surface area contributed by atoms with Crippen LogP contribution in [-0.4, -0.2) is 28.5 Å². The van der Waals surface area contributed by atoms with E-state index in [-0.39, 0.29) is 11.5 Å². The van der Waals surface area contributed by atoms with Crippen LogP contribution in [0.3, 0.4) is 0 Å². The molecule has 6 heteroatoms. The predicted octanol–water partition coefficient (Wildman–Crippen LogP) is 2.41. The maximum Gasteiger partial charge on any atom is 0.335 e. The van der Waals surface area contributed by atoms with Crippen LogP contribution in [0.2, 0.25) is 5.02 Å². The molecule has 5 nitrogen and oxygen atoms in total. The standard InChI is InChI=1S/C15H13ClN2O3/c16-12-5-6-13(18-9-12)14(19)17-8-7-10-1-3-11(4-2-10)15(20)21/h1-6,9H,7-8H2,(H,17,19)(H,20,21). The van der Waals surface area contributed by atoms with Crippen molar-refractivity contribution in [2.45, 2.75) is 6.42 Å². The minimum Gasteiger partial charge on any atom is -0.478 e. The van der Waals surface area contributed by atoms with Crippen LogP contribution in [0, 0.1) is 0 Å². The van der Waals surface area contributed by atoms with E-state index in [1.54, 1.807) is 36.4 Å². The molecule has 0 atom stereocenters. The van der Waals surface area contributed by atoms with Gasteiger partial charge in [-0.15, -0.1) is 0 Å². The summed E-state index contributed by atoms with van der Waals surface area (Å²) < 4.78 is 0. The molecule has 0 aliphatic carbocycles. The van der Waals surface area contributed by atoms with E-state index in [2.05, 4.69) is 10.3 Å². The second-order valence-corrected chi connectivity index (χ2v) is 4.81. The highest BCUT2D eigenvalue weighted by molar-refractivity contribution is 6.30. The smallest absolute Gasteiger partial charge is 0.335 e. The molecule has 1 aromatic heterocycles. The second kappa shape index (κ2) is 6.85. The number of aromatic carboxylic acids is 1. The average Bonchev–Trinajstić information content (AvgIpc) is 2.48. The summed E-state index contributed by atoms with van der Waals surface area (Å²) in [5.74, 6) is -1.22. The van der Waals surface area contributed by atoms with Crippen LogP contribution in [0.15, 0.2) is 42.6 Å². The number of aromatic nitrogens is 1. The number of carboxylic acids is 1. The Morgan fingerprint density at radius 1 is 1.14 bits per heavy atom. The summed E-state index contributed by atoms with van der Waals surface area (Å²) in [6, 6.07) is 9.71. The van der Waals surface area contributed by atoms with Crippen molar-refractivity contribution in [1.29, 1.82) is 0 Å². The molecule has 1 heterocycles. The zero-order chi connectivity index (χ0) is 15.2. The Hall–Kier alpha value is -2.40. The second-order valence-electron chi connectivity index (χ2n) is 4.37. The summed E-state index contributed by atoms with van der Waals surface area (Å²) in [6.45, 7) is 0.440. The molecular weight excluding hydrogens is 292 g/mol. The lowest BCUT2D eigenvalue weighted by molar-refractivity contribution is 0.0696. The number of hydrogen-bond donors (Lipinski definition) is 2. The summed E-state index contributed by atoms with van der Waals surface area (Å²) in [7, 11) is 0. The third-order valence-corrected chi connectivity index (χ3v) is 3.08. The van der Waals surface area contributed by atoms with Crippen LogP contribution >= 0.6 is 11.6 Å². The number of carbonyl (C=O) groups excluding carboxylic acids is 1. The van der Waals surface area contributed by atoms with Gasteiger partial charge in [-0.3, -0.25) is 4.79 Å². The van der Waals surface area contributed by atoms with Gasteiger partial charge in [0.25, 0.3) is 5.91 Å². The molecule has 0 saturated heterocycles. The number of hydrogen-bond acceptors (Lipinski definition) is 3. The fraction of sp³-hybridized carbons (Fsp3) is 0.133. The van der Waals surface area contributed by atoms with Crippen molar-refractivity contribution < 1.29 is 14.7 Å². The lowest BCUT2D eigenvalue weighted by Crippen LogP contribution is -2.26. The number of nitrogens with one attached hydrogen (secondary N) is 1. The summed E-state index contributed by atoms with van der Waals surface area (Å²) >= 11 is 5.70. The minimum absolute atomic E-state index is 0.244. The van der Waals surface area contributed by atoms with Gasteiger partial charge in [-0.25, -0.2) is 9.78 Å². The van der Waals surface area contributed by atoms with Gasteiger partial charge in [0.05, 0.1) is 10.6 Å². The zero-order valence-corrected chi connectivity index (χ0v) is 11.8. The molecule has 108 valence electrons. The Bertz CT molecular complexity index is 639. The molecule has 2 rings (SSSR count). The highest BCUT2D eigenvalue weighted by atomic mass is 35.5. The van der Waals surface area contributed by atoms with Crippen molar-refractivity contribution in [1.82, 2.24) is 10.3 Å². The van der Waals surface area contributed by atoms with Gasteiger partial charge in [-0.2, -0.15) is 0 Å². The first-order valence-electron chi connectivity index (χ1n) is 6.28. The monoisotopic (exact) mass is 304 g/mol. The summed E-state index contributed by atoms with van der Waals surface area (Å²) in [6.07, 6.45) is 2.03. The van der Waals surface area contributed by atoms with E-state index in [1.165, 1.54) is 6.20 Å². The Kier molecular flexibility index (Phi) is 4.90. The zero-order valence-electron chi connectivity index (χ0n) is 11.0. The van der Waals surface area contributed by atoms with E-state index in [9.17, 15) is 9.59 Å². The van der Waals surface area contributed by atoms with Gasteiger partial charge in [-0.05, 0) is 36.2 Å². The van der Waals surface area contributed by atoms with E-state index < -0.39 is 5.97 Å². The molecule has 2 aromatic rings. The molecule has 0 radical (unpaired) electrons. The Labute approximate surface area is 126 Å². The van der Waals surface area contributed by atoms with E-state index in [1.807, 2.05) is 0 Å². The molecule has 2 N–H and O–H groups in total. The molecule has 21 heavy (non-hydrogen) atoms. The van der Waals surface area contributed by atoms with Crippen LogP contribution in [0.5, 0.6) is 0 Å². The topological polar surface area (TPSA) is 79.3 Å². The highest BCUT2D eigenvalue weighted by Crippen LogP contribution is 2.07. The van der Waals surface area contributed by atoms with Gasteiger partial charge >= 0.3 is 5.97 Å². The molecule has 0 fully saturated rings. The van der Waals surface area contributed by atoms with E-state index in [4.69, 9.17) is 16.7 Å². The quantitative estimate of drug-likeness (QED) is 0.889. The van der Waals surface area contributed by atoms with E-state index >= 15 is 0 Å². The van der Waals surface area contributed by atoms with Gasteiger partial charge in [-0.1, -0.05) is 23.7 Å². The number of amides is 1. The lowest BCUT2D eigenvalue weighted by Gasteiger charge is -2.05. The third-order valence-electron chi connectivity index (χ3n) is 2.86. The molecular formula is C15H13ClN2O3. The normalized spacial score (nSPS) is 10.1. The van der Waals surface area contributed by atoms with Crippen molar-refractivity contribution in [2.75, 3.05) is 6.54 Å². The van der Waals surface area contributed by atoms with Crippen molar-refractivity contribution in [3.8, 4) is 0 Å². The van der Waals surface area contributed by atoms with Crippen LogP contribution in [-0.2, 0) is 6.42 Å². The van der Waals surface area contributed by atoms with E-state index in [0.717, 1.165) is 5.56 Å². The molecule has 0 spiro atoms. The van der Waals surface area contributed by atoms with Crippen molar-refractivity contribution in [2.24, 2.45) is 0 Å². The number of rotatable bonds is 5. The first kappa shape index (κ1) is 15.0. The molecule has 1 aromatic carbocycles. The van der Waals surface area contributed by atoms with Gasteiger partial charge < -0.3 is 10.4 Å². The fourth-order valence-electron chi connectivity index (χ4n) is 1.74. The van der Waals surface area contributed by atoms with Gasteiger partial charge in [0.1, 0.15) is 5.69 Å². The number of halogens is 1. The maximum absolute atomic E-state index is 11.8. The number of carboxylic acid groups (broad SMARTS) is 1. The largest absolute Gasteiger partial charge is 0.478 e. The molecule has 0 saturated carbocycles. The van der Waals surface area contributed by atoms with Crippen LogP contribution in [0.25, 0.3) is 0 Å². The summed E-state index contributed by atoms with van der Waals surface area (Å²) in [4.78, 5) is 26.4. The van der Waals surface area contributed by atoms with Gasteiger partial charge in [0.2, 0.25) is 0 Å². The lowest BCUT2D eigenvalue weighted by atomic mass is 10.1.